The molecule has 0 amide bonds. The van der Waals surface area contributed by atoms with E-state index in [1.165, 1.54) is 11.6 Å². The standard InChI is InChI=1S/C16H17BrFNO/c1-11(9-12-3-6-14(20-2)7-4-12)19-13-5-8-15(17)16(18)10-13/h3-8,10-11,19H,9H2,1-2H3. The zero-order chi connectivity index (χ0) is 14.5. The van der Waals surface area contributed by atoms with Gasteiger partial charge in [0.1, 0.15) is 11.6 Å². The van der Waals surface area contributed by atoms with Gasteiger partial charge in [-0.2, -0.15) is 0 Å². The molecule has 0 bridgehead atoms. The summed E-state index contributed by atoms with van der Waals surface area (Å²) in [6, 6.07) is 13.2. The number of hydrogen-bond acceptors (Lipinski definition) is 2. The molecule has 0 radical (unpaired) electrons. The molecule has 4 heteroatoms. The molecule has 0 fully saturated rings. The van der Waals surface area contributed by atoms with Crippen molar-refractivity contribution in [3.63, 3.8) is 0 Å². The van der Waals surface area contributed by atoms with Crippen LogP contribution >= 0.6 is 15.9 Å². The van der Waals surface area contributed by atoms with E-state index >= 15 is 0 Å². The summed E-state index contributed by atoms with van der Waals surface area (Å²) in [6.07, 6.45) is 0.863. The van der Waals surface area contributed by atoms with Crippen molar-refractivity contribution in [2.45, 2.75) is 19.4 Å². The molecule has 2 aromatic carbocycles. The van der Waals surface area contributed by atoms with E-state index in [0.717, 1.165) is 17.9 Å². The lowest BCUT2D eigenvalue weighted by Gasteiger charge is -2.16. The summed E-state index contributed by atoms with van der Waals surface area (Å²) in [5, 5.41) is 3.29. The quantitative estimate of drug-likeness (QED) is 0.858. The Morgan fingerprint density at radius 3 is 2.50 bits per heavy atom. The lowest BCUT2D eigenvalue weighted by atomic mass is 10.1. The average Bonchev–Trinajstić information content (AvgIpc) is 2.44. The first-order valence-corrected chi connectivity index (χ1v) is 7.22. The fraction of sp³-hybridized carbons (Fsp3) is 0.250. The van der Waals surface area contributed by atoms with Crippen molar-refractivity contribution in [1.82, 2.24) is 0 Å². The molecule has 0 saturated heterocycles. The molecule has 2 nitrogen and oxygen atoms in total. The molecule has 0 aliphatic carbocycles. The first kappa shape index (κ1) is 14.9. The summed E-state index contributed by atoms with van der Waals surface area (Å²) in [7, 11) is 1.65. The van der Waals surface area contributed by atoms with Crippen LogP contribution in [0.4, 0.5) is 10.1 Å². The van der Waals surface area contributed by atoms with E-state index in [1.807, 2.05) is 30.3 Å². The van der Waals surface area contributed by atoms with E-state index in [-0.39, 0.29) is 11.9 Å². The molecule has 0 aliphatic heterocycles. The van der Waals surface area contributed by atoms with Gasteiger partial charge in [0, 0.05) is 11.7 Å². The highest BCUT2D eigenvalue weighted by Gasteiger charge is 2.06. The molecule has 2 aromatic rings. The molecule has 0 aliphatic rings. The molecular weight excluding hydrogens is 321 g/mol. The highest BCUT2D eigenvalue weighted by Crippen LogP contribution is 2.20. The Morgan fingerprint density at radius 2 is 1.90 bits per heavy atom. The number of nitrogens with one attached hydrogen (secondary N) is 1. The summed E-state index contributed by atoms with van der Waals surface area (Å²) >= 11 is 3.15. The van der Waals surface area contributed by atoms with Gasteiger partial charge in [-0.25, -0.2) is 4.39 Å². The molecular formula is C16H17BrFNO. The van der Waals surface area contributed by atoms with Crippen LogP contribution in [-0.2, 0) is 6.42 Å². The van der Waals surface area contributed by atoms with Gasteiger partial charge < -0.3 is 10.1 Å². The third-order valence-electron chi connectivity index (χ3n) is 3.03. The maximum Gasteiger partial charge on any atom is 0.139 e. The smallest absolute Gasteiger partial charge is 0.139 e. The fourth-order valence-corrected chi connectivity index (χ4v) is 2.28. The van der Waals surface area contributed by atoms with Crippen molar-refractivity contribution in [3.8, 4) is 5.75 Å². The van der Waals surface area contributed by atoms with Gasteiger partial charge in [0.25, 0.3) is 0 Å². The van der Waals surface area contributed by atoms with Gasteiger partial charge in [-0.3, -0.25) is 0 Å². The number of anilines is 1. The lowest BCUT2D eigenvalue weighted by molar-refractivity contribution is 0.414. The Balaban J connectivity index is 1.97. The number of rotatable bonds is 5. The number of ether oxygens (including phenoxy) is 1. The van der Waals surface area contributed by atoms with Crippen LogP contribution in [0, 0.1) is 5.82 Å². The monoisotopic (exact) mass is 337 g/mol. The Labute approximate surface area is 127 Å². The first-order valence-electron chi connectivity index (χ1n) is 6.43. The van der Waals surface area contributed by atoms with Crippen LogP contribution in [-0.4, -0.2) is 13.2 Å². The van der Waals surface area contributed by atoms with E-state index < -0.39 is 0 Å². The molecule has 0 spiro atoms. The van der Waals surface area contributed by atoms with Gasteiger partial charge >= 0.3 is 0 Å². The first-order chi connectivity index (χ1) is 9.58. The minimum atomic E-state index is -0.258. The van der Waals surface area contributed by atoms with Crippen LogP contribution in [0.2, 0.25) is 0 Å². The fourth-order valence-electron chi connectivity index (χ4n) is 2.04. The van der Waals surface area contributed by atoms with Crippen LogP contribution in [0.15, 0.2) is 46.9 Å². The van der Waals surface area contributed by atoms with Crippen molar-refractivity contribution < 1.29 is 9.13 Å². The second kappa shape index (κ2) is 6.75. The maximum atomic E-state index is 13.4. The van der Waals surface area contributed by atoms with Crippen LogP contribution in [0.1, 0.15) is 12.5 Å². The van der Waals surface area contributed by atoms with Crippen LogP contribution < -0.4 is 10.1 Å². The summed E-state index contributed by atoms with van der Waals surface area (Å²) in [6.45, 7) is 2.07. The normalized spacial score (nSPS) is 12.0. The average molecular weight is 338 g/mol. The Hall–Kier alpha value is -1.55. The topological polar surface area (TPSA) is 21.3 Å². The number of halogens is 2. The van der Waals surface area contributed by atoms with E-state index in [0.29, 0.717) is 4.47 Å². The molecule has 0 aromatic heterocycles. The zero-order valence-electron chi connectivity index (χ0n) is 11.5. The SMILES string of the molecule is COc1ccc(CC(C)Nc2ccc(Br)c(F)c2)cc1. The summed E-state index contributed by atoms with van der Waals surface area (Å²) in [4.78, 5) is 0. The van der Waals surface area contributed by atoms with Crippen molar-refractivity contribution >= 4 is 21.6 Å². The second-order valence-corrected chi connectivity index (χ2v) is 5.58. The van der Waals surface area contributed by atoms with Crippen LogP contribution in [0.3, 0.4) is 0 Å². The highest BCUT2D eigenvalue weighted by atomic mass is 79.9. The maximum absolute atomic E-state index is 13.4. The Bertz CT molecular complexity index is 571. The minimum Gasteiger partial charge on any atom is -0.497 e. The van der Waals surface area contributed by atoms with Crippen molar-refractivity contribution in [3.05, 3.63) is 58.3 Å². The van der Waals surface area contributed by atoms with E-state index in [4.69, 9.17) is 4.74 Å². The van der Waals surface area contributed by atoms with Crippen molar-refractivity contribution in [2.24, 2.45) is 0 Å². The molecule has 0 heterocycles. The van der Waals surface area contributed by atoms with Crippen LogP contribution in [0.25, 0.3) is 0 Å². The largest absolute Gasteiger partial charge is 0.497 e. The Kier molecular flexibility index (Phi) is 5.01. The van der Waals surface area contributed by atoms with Gasteiger partial charge in [-0.15, -0.1) is 0 Å². The summed E-state index contributed by atoms with van der Waals surface area (Å²) in [5.41, 5.74) is 2.00. The van der Waals surface area contributed by atoms with E-state index in [2.05, 4.69) is 28.2 Å². The van der Waals surface area contributed by atoms with Gasteiger partial charge in [0.2, 0.25) is 0 Å². The third-order valence-corrected chi connectivity index (χ3v) is 3.68. The highest BCUT2D eigenvalue weighted by molar-refractivity contribution is 9.10. The van der Waals surface area contributed by atoms with E-state index in [9.17, 15) is 4.39 Å². The predicted molar refractivity (Wildman–Crippen MR) is 83.9 cm³/mol. The van der Waals surface area contributed by atoms with E-state index in [1.54, 1.807) is 13.2 Å². The van der Waals surface area contributed by atoms with Crippen molar-refractivity contribution in [2.75, 3.05) is 12.4 Å². The molecule has 1 unspecified atom stereocenters. The molecule has 1 N–H and O–H groups in total. The number of methoxy groups -OCH3 is 1. The van der Waals surface area contributed by atoms with Gasteiger partial charge in [0.05, 0.1) is 11.6 Å². The zero-order valence-corrected chi connectivity index (χ0v) is 13.1. The third kappa shape index (κ3) is 3.97. The van der Waals surface area contributed by atoms with Gasteiger partial charge in [-0.1, -0.05) is 12.1 Å². The molecule has 106 valence electrons. The van der Waals surface area contributed by atoms with Crippen LogP contribution in [0.5, 0.6) is 5.75 Å². The molecule has 0 saturated carbocycles. The number of hydrogen-bond donors (Lipinski definition) is 1. The van der Waals surface area contributed by atoms with Gasteiger partial charge in [0.15, 0.2) is 0 Å². The van der Waals surface area contributed by atoms with Gasteiger partial charge in [-0.05, 0) is 65.2 Å². The minimum absolute atomic E-state index is 0.212. The van der Waals surface area contributed by atoms with Crippen molar-refractivity contribution in [1.29, 1.82) is 0 Å². The summed E-state index contributed by atoms with van der Waals surface area (Å²) < 4.78 is 19.0. The number of benzene rings is 2. The second-order valence-electron chi connectivity index (χ2n) is 4.73. The molecule has 2 rings (SSSR count). The molecule has 20 heavy (non-hydrogen) atoms. The lowest BCUT2D eigenvalue weighted by Crippen LogP contribution is -2.18. The predicted octanol–water partition coefficient (Wildman–Crippen LogP) is 4.64. The molecule has 1 atom stereocenters. The Morgan fingerprint density at radius 1 is 1.20 bits per heavy atom. The summed E-state index contributed by atoms with van der Waals surface area (Å²) in [5.74, 6) is 0.594.